The lowest BCUT2D eigenvalue weighted by atomic mass is 10.1. The fourth-order valence-electron chi connectivity index (χ4n) is 4.15. The van der Waals surface area contributed by atoms with Gasteiger partial charge in [-0.3, -0.25) is 0 Å². The predicted octanol–water partition coefficient (Wildman–Crippen LogP) is 8.23. The number of fused-ring (bicyclic) bond motifs is 2. The second-order valence-electron chi connectivity index (χ2n) is 8.21. The first-order chi connectivity index (χ1) is 17.7. The minimum atomic E-state index is -2.62. The van der Waals surface area contributed by atoms with Crippen LogP contribution in [0.5, 0.6) is 11.8 Å². The third-order valence-corrected chi connectivity index (χ3v) is 6.52. The molecule has 0 spiro atoms. The molecule has 0 atom stereocenters. The standard InChI is InChI=1S/C30H20N2O3P/c33-36(34-29-25-17-9-7-15-23(25)19-27(31-29)21-11-3-1-4-12-21)35-30-26-18-10-8-16-24(26)20-28(32-30)22-13-5-2-6-14-22/h1-20H/q+1. The molecule has 2 aromatic heterocycles. The van der Waals surface area contributed by atoms with Gasteiger partial charge in [0.05, 0.1) is 11.4 Å². The number of rotatable bonds is 6. The number of nitrogens with zero attached hydrogens (tertiary/aromatic N) is 2. The predicted molar refractivity (Wildman–Crippen MR) is 143 cm³/mol. The molecule has 5 nitrogen and oxygen atoms in total. The Kier molecular flexibility index (Phi) is 5.82. The van der Waals surface area contributed by atoms with Gasteiger partial charge >= 0.3 is 8.25 Å². The van der Waals surface area contributed by atoms with Gasteiger partial charge in [-0.25, -0.2) is 19.0 Å². The van der Waals surface area contributed by atoms with E-state index in [4.69, 9.17) is 9.05 Å². The average Bonchev–Trinajstić information content (AvgIpc) is 2.94. The van der Waals surface area contributed by atoms with Crippen LogP contribution in [0.2, 0.25) is 0 Å². The van der Waals surface area contributed by atoms with E-state index in [0.717, 1.165) is 44.1 Å². The molecule has 2 heterocycles. The zero-order chi connectivity index (χ0) is 24.3. The number of hydrogen-bond acceptors (Lipinski definition) is 5. The summed E-state index contributed by atoms with van der Waals surface area (Å²) in [4.78, 5) is 9.35. The summed E-state index contributed by atoms with van der Waals surface area (Å²) < 4.78 is 24.8. The van der Waals surface area contributed by atoms with E-state index in [1.807, 2.05) is 121 Å². The van der Waals surface area contributed by atoms with E-state index in [-0.39, 0.29) is 11.8 Å². The second kappa shape index (κ2) is 9.57. The monoisotopic (exact) mass is 487 g/mol. The van der Waals surface area contributed by atoms with E-state index in [1.165, 1.54) is 0 Å². The highest BCUT2D eigenvalue weighted by Gasteiger charge is 2.29. The fraction of sp³-hybridized carbons (Fsp3) is 0. The molecule has 0 amide bonds. The molecule has 4 aromatic carbocycles. The van der Waals surface area contributed by atoms with E-state index < -0.39 is 8.25 Å². The molecule has 6 aromatic rings. The van der Waals surface area contributed by atoms with Crippen molar-refractivity contribution < 1.29 is 13.6 Å². The first-order valence-corrected chi connectivity index (χ1v) is 12.6. The molecule has 0 aliphatic rings. The van der Waals surface area contributed by atoms with Crippen molar-refractivity contribution in [2.45, 2.75) is 0 Å². The molecule has 0 saturated heterocycles. The minimum Gasteiger partial charge on any atom is -0.208 e. The van der Waals surface area contributed by atoms with Gasteiger partial charge in [-0.1, -0.05) is 97.1 Å². The summed E-state index contributed by atoms with van der Waals surface area (Å²) in [6, 6.07) is 39.0. The molecule has 0 unspecified atom stereocenters. The van der Waals surface area contributed by atoms with Crippen LogP contribution < -0.4 is 9.05 Å². The molecule has 6 heteroatoms. The Morgan fingerprint density at radius 1 is 0.500 bits per heavy atom. The summed E-state index contributed by atoms with van der Waals surface area (Å²) in [5.41, 5.74) is 3.32. The maximum atomic E-state index is 13.2. The first-order valence-electron chi connectivity index (χ1n) is 11.5. The highest BCUT2D eigenvalue weighted by molar-refractivity contribution is 7.34. The number of benzene rings is 4. The molecule has 0 aliphatic carbocycles. The van der Waals surface area contributed by atoms with Gasteiger partial charge in [-0.05, 0) is 35.0 Å². The zero-order valence-corrected chi connectivity index (χ0v) is 20.0. The van der Waals surface area contributed by atoms with Gasteiger partial charge in [-0.2, -0.15) is 0 Å². The van der Waals surface area contributed by atoms with Crippen LogP contribution in [-0.2, 0) is 4.57 Å². The Bertz CT molecular complexity index is 1580. The Balaban J connectivity index is 1.37. The Morgan fingerprint density at radius 2 is 0.889 bits per heavy atom. The van der Waals surface area contributed by atoms with Crippen LogP contribution in [0.1, 0.15) is 0 Å². The van der Waals surface area contributed by atoms with Crippen LogP contribution in [0.15, 0.2) is 121 Å². The normalized spacial score (nSPS) is 10.9. The van der Waals surface area contributed by atoms with Crippen LogP contribution in [0.25, 0.3) is 44.1 Å². The second-order valence-corrected chi connectivity index (χ2v) is 9.02. The molecular formula is C30H20N2O3P+. The van der Waals surface area contributed by atoms with E-state index in [1.54, 1.807) is 0 Å². The van der Waals surface area contributed by atoms with Crippen LogP contribution in [-0.4, -0.2) is 9.97 Å². The van der Waals surface area contributed by atoms with E-state index >= 15 is 0 Å². The summed E-state index contributed by atoms with van der Waals surface area (Å²) in [5, 5.41) is 3.36. The van der Waals surface area contributed by atoms with Crippen molar-refractivity contribution in [2.75, 3.05) is 0 Å². The van der Waals surface area contributed by atoms with Crippen molar-refractivity contribution in [3.63, 3.8) is 0 Å². The molecule has 6 rings (SSSR count). The van der Waals surface area contributed by atoms with Gasteiger partial charge in [0.25, 0.3) is 11.8 Å². The number of pyridine rings is 2. The van der Waals surface area contributed by atoms with Crippen molar-refractivity contribution in [3.8, 4) is 34.3 Å². The van der Waals surface area contributed by atoms with Crippen molar-refractivity contribution in [3.05, 3.63) is 121 Å². The van der Waals surface area contributed by atoms with Gasteiger partial charge in [0.2, 0.25) is 0 Å². The maximum absolute atomic E-state index is 13.2. The molecular weight excluding hydrogens is 467 g/mol. The molecule has 0 fully saturated rings. The molecule has 0 aliphatic heterocycles. The van der Waals surface area contributed by atoms with Crippen LogP contribution >= 0.6 is 8.25 Å². The van der Waals surface area contributed by atoms with Gasteiger partial charge in [0, 0.05) is 26.5 Å². The van der Waals surface area contributed by atoms with E-state index in [9.17, 15) is 4.57 Å². The van der Waals surface area contributed by atoms with Crippen LogP contribution in [0.3, 0.4) is 0 Å². The van der Waals surface area contributed by atoms with Crippen LogP contribution in [0.4, 0.5) is 0 Å². The average molecular weight is 487 g/mol. The number of aromatic nitrogens is 2. The van der Waals surface area contributed by atoms with Gasteiger partial charge in [0.1, 0.15) is 0 Å². The number of hydrogen-bond donors (Lipinski definition) is 0. The molecule has 36 heavy (non-hydrogen) atoms. The third-order valence-electron chi connectivity index (χ3n) is 5.87. The van der Waals surface area contributed by atoms with Crippen molar-refractivity contribution >= 4 is 29.8 Å². The molecule has 0 bridgehead atoms. The highest BCUT2D eigenvalue weighted by atomic mass is 31.1. The Hall–Kier alpha value is -4.60. The van der Waals surface area contributed by atoms with E-state index in [0.29, 0.717) is 0 Å². The quantitative estimate of drug-likeness (QED) is 0.221. The topological polar surface area (TPSA) is 61.3 Å². The summed E-state index contributed by atoms with van der Waals surface area (Å²) >= 11 is 0. The summed E-state index contributed by atoms with van der Waals surface area (Å²) in [6.07, 6.45) is 0. The molecule has 0 radical (unpaired) electrons. The van der Waals surface area contributed by atoms with Gasteiger partial charge in [-0.15, -0.1) is 0 Å². The third kappa shape index (κ3) is 4.40. The minimum absolute atomic E-state index is 0.247. The first kappa shape index (κ1) is 21.9. The fourth-order valence-corrected chi connectivity index (χ4v) is 4.74. The summed E-state index contributed by atoms with van der Waals surface area (Å²) in [6.45, 7) is 0. The highest BCUT2D eigenvalue weighted by Crippen LogP contribution is 2.38. The van der Waals surface area contributed by atoms with E-state index in [2.05, 4.69) is 9.97 Å². The largest absolute Gasteiger partial charge is 0.808 e. The maximum Gasteiger partial charge on any atom is 0.808 e. The lowest BCUT2D eigenvalue weighted by Gasteiger charge is -2.07. The van der Waals surface area contributed by atoms with Crippen molar-refractivity contribution in [1.29, 1.82) is 0 Å². The SMILES string of the molecule is O=[P+](Oc1nc(-c2ccccc2)cc2ccccc12)Oc1nc(-c2ccccc2)cc2ccccc12. The lowest BCUT2D eigenvalue weighted by molar-refractivity contribution is 0.408. The molecule has 0 N–H and O–H groups in total. The summed E-state index contributed by atoms with van der Waals surface area (Å²) in [5.74, 6) is 0.494. The zero-order valence-electron chi connectivity index (χ0n) is 19.1. The van der Waals surface area contributed by atoms with Gasteiger partial charge < -0.3 is 0 Å². The Morgan fingerprint density at radius 3 is 1.33 bits per heavy atom. The summed E-state index contributed by atoms with van der Waals surface area (Å²) in [7, 11) is -2.62. The molecule has 0 saturated carbocycles. The van der Waals surface area contributed by atoms with Crippen LogP contribution in [0, 0.1) is 0 Å². The van der Waals surface area contributed by atoms with Gasteiger partial charge in [0.15, 0.2) is 0 Å². The van der Waals surface area contributed by atoms with Crippen molar-refractivity contribution in [2.24, 2.45) is 0 Å². The smallest absolute Gasteiger partial charge is 0.208 e. The lowest BCUT2D eigenvalue weighted by Crippen LogP contribution is -1.97. The van der Waals surface area contributed by atoms with Crippen molar-refractivity contribution in [1.82, 2.24) is 9.97 Å². The molecule has 172 valence electrons. The Labute approximate surface area is 209 Å².